The molecule has 1 aliphatic carbocycles. The molecule has 1 aliphatic heterocycles. The molecule has 0 N–H and O–H groups in total. The molecule has 0 aromatic heterocycles. The highest BCUT2D eigenvalue weighted by molar-refractivity contribution is 5.94. The molecule has 1 aromatic rings. The van der Waals surface area contributed by atoms with Crippen molar-refractivity contribution in [2.75, 3.05) is 13.1 Å². The van der Waals surface area contributed by atoms with Crippen LogP contribution in [0.5, 0.6) is 0 Å². The van der Waals surface area contributed by atoms with Crippen LogP contribution in [0.4, 0.5) is 4.39 Å². The molecular weight excluding hydrogens is 253 g/mol. The molecule has 3 rings (SSSR count). The Bertz CT molecular complexity index is 510. The fraction of sp³-hybridized carbons (Fsp3) is 0.588. The number of benzene rings is 1. The van der Waals surface area contributed by atoms with Crippen molar-refractivity contribution in [2.45, 2.75) is 45.4 Å². The van der Waals surface area contributed by atoms with E-state index in [-0.39, 0.29) is 11.7 Å². The molecule has 1 saturated heterocycles. The van der Waals surface area contributed by atoms with Gasteiger partial charge in [-0.05, 0) is 61.8 Å². The number of aryl methyl sites for hydroxylation is 1. The Morgan fingerprint density at radius 1 is 1.15 bits per heavy atom. The zero-order chi connectivity index (χ0) is 14.2. The summed E-state index contributed by atoms with van der Waals surface area (Å²) in [5.41, 5.74) is 1.68. The Morgan fingerprint density at radius 2 is 1.80 bits per heavy atom. The van der Waals surface area contributed by atoms with Crippen LogP contribution in [0.25, 0.3) is 0 Å². The summed E-state index contributed by atoms with van der Waals surface area (Å²) in [5, 5.41) is 0. The van der Waals surface area contributed by atoms with Gasteiger partial charge in [0.25, 0.3) is 5.91 Å². The van der Waals surface area contributed by atoms with Gasteiger partial charge in [0.2, 0.25) is 0 Å². The smallest absolute Gasteiger partial charge is 0.253 e. The van der Waals surface area contributed by atoms with E-state index < -0.39 is 0 Å². The summed E-state index contributed by atoms with van der Waals surface area (Å²) < 4.78 is 13.3. The molecular formula is C17H22FNO. The van der Waals surface area contributed by atoms with Gasteiger partial charge < -0.3 is 4.90 Å². The monoisotopic (exact) mass is 275 g/mol. The van der Waals surface area contributed by atoms with E-state index in [2.05, 4.69) is 0 Å². The second-order valence-corrected chi connectivity index (χ2v) is 6.46. The highest BCUT2D eigenvalue weighted by Crippen LogP contribution is 2.46. The molecule has 108 valence electrons. The molecule has 1 heterocycles. The number of rotatable bonds is 1. The summed E-state index contributed by atoms with van der Waals surface area (Å²) in [4.78, 5) is 14.4. The quantitative estimate of drug-likeness (QED) is 0.760. The van der Waals surface area contributed by atoms with Crippen molar-refractivity contribution in [2.24, 2.45) is 5.41 Å². The Hall–Kier alpha value is -1.38. The maximum absolute atomic E-state index is 13.3. The van der Waals surface area contributed by atoms with Crippen LogP contribution in [0.2, 0.25) is 0 Å². The molecule has 1 spiro atoms. The topological polar surface area (TPSA) is 20.3 Å². The molecule has 0 bridgehead atoms. The van der Waals surface area contributed by atoms with Gasteiger partial charge in [-0.1, -0.05) is 12.8 Å². The van der Waals surface area contributed by atoms with E-state index in [1.165, 1.54) is 31.7 Å². The van der Waals surface area contributed by atoms with Crippen molar-refractivity contribution < 1.29 is 9.18 Å². The van der Waals surface area contributed by atoms with Crippen LogP contribution in [0, 0.1) is 18.2 Å². The molecule has 2 fully saturated rings. The fourth-order valence-corrected chi connectivity index (χ4v) is 3.77. The molecule has 1 saturated carbocycles. The predicted octanol–water partition coefficient (Wildman–Crippen LogP) is 3.93. The van der Waals surface area contributed by atoms with Gasteiger partial charge in [-0.15, -0.1) is 0 Å². The normalized spacial score (nSPS) is 21.4. The van der Waals surface area contributed by atoms with E-state index in [0.717, 1.165) is 25.9 Å². The largest absolute Gasteiger partial charge is 0.339 e. The number of nitrogens with zero attached hydrogens (tertiary/aromatic N) is 1. The number of hydrogen-bond donors (Lipinski definition) is 0. The van der Waals surface area contributed by atoms with Crippen LogP contribution in [0.1, 0.15) is 54.4 Å². The first-order valence-corrected chi connectivity index (χ1v) is 7.65. The van der Waals surface area contributed by atoms with Crippen molar-refractivity contribution in [3.63, 3.8) is 0 Å². The number of amides is 1. The number of carbonyl (C=O) groups is 1. The third-order valence-corrected chi connectivity index (χ3v) is 5.18. The molecule has 20 heavy (non-hydrogen) atoms. The first-order valence-electron chi connectivity index (χ1n) is 7.65. The number of halogens is 1. The van der Waals surface area contributed by atoms with Crippen LogP contribution in [-0.4, -0.2) is 23.9 Å². The second-order valence-electron chi connectivity index (χ2n) is 6.46. The van der Waals surface area contributed by atoms with Gasteiger partial charge in [-0.2, -0.15) is 0 Å². The minimum Gasteiger partial charge on any atom is -0.339 e. The Morgan fingerprint density at radius 3 is 2.40 bits per heavy atom. The van der Waals surface area contributed by atoms with Crippen molar-refractivity contribution in [1.29, 1.82) is 0 Å². The van der Waals surface area contributed by atoms with Crippen LogP contribution >= 0.6 is 0 Å². The van der Waals surface area contributed by atoms with E-state index in [4.69, 9.17) is 0 Å². The second kappa shape index (κ2) is 5.19. The highest BCUT2D eigenvalue weighted by atomic mass is 19.1. The number of likely N-dealkylation sites (tertiary alicyclic amines) is 1. The molecule has 0 unspecified atom stereocenters. The Balaban J connectivity index is 1.68. The molecule has 0 radical (unpaired) electrons. The SMILES string of the molecule is Cc1cc(C(=O)N2CCC3(CCCC3)CC2)ccc1F. The molecule has 0 atom stereocenters. The van der Waals surface area contributed by atoms with Crippen molar-refractivity contribution in [3.8, 4) is 0 Å². The van der Waals surface area contributed by atoms with Gasteiger partial charge in [0.1, 0.15) is 5.82 Å². The molecule has 2 nitrogen and oxygen atoms in total. The zero-order valence-corrected chi connectivity index (χ0v) is 12.1. The summed E-state index contributed by atoms with van der Waals surface area (Å²) in [5.74, 6) is -0.189. The van der Waals surface area contributed by atoms with E-state index >= 15 is 0 Å². The van der Waals surface area contributed by atoms with Crippen LogP contribution < -0.4 is 0 Å². The van der Waals surface area contributed by atoms with Gasteiger partial charge >= 0.3 is 0 Å². The van der Waals surface area contributed by atoms with Crippen molar-refractivity contribution in [1.82, 2.24) is 4.90 Å². The fourth-order valence-electron chi connectivity index (χ4n) is 3.77. The highest BCUT2D eigenvalue weighted by Gasteiger charge is 2.38. The summed E-state index contributed by atoms with van der Waals surface area (Å²) in [7, 11) is 0. The number of carbonyl (C=O) groups excluding carboxylic acids is 1. The van der Waals surface area contributed by atoms with Crippen molar-refractivity contribution in [3.05, 3.63) is 35.1 Å². The summed E-state index contributed by atoms with van der Waals surface area (Å²) in [6.45, 7) is 3.42. The summed E-state index contributed by atoms with van der Waals surface area (Å²) in [6, 6.07) is 4.66. The average Bonchev–Trinajstić information content (AvgIpc) is 2.90. The summed E-state index contributed by atoms with van der Waals surface area (Å²) >= 11 is 0. The minimum atomic E-state index is -0.245. The van der Waals surface area contributed by atoms with Gasteiger partial charge in [0, 0.05) is 18.7 Å². The predicted molar refractivity (Wildman–Crippen MR) is 77.2 cm³/mol. The zero-order valence-electron chi connectivity index (χ0n) is 12.1. The Labute approximate surface area is 120 Å². The van der Waals surface area contributed by atoms with Crippen LogP contribution in [0.3, 0.4) is 0 Å². The molecule has 1 aromatic carbocycles. The lowest BCUT2D eigenvalue weighted by Crippen LogP contribution is -2.42. The lowest BCUT2D eigenvalue weighted by Gasteiger charge is -2.39. The Kier molecular flexibility index (Phi) is 3.53. The molecule has 1 amide bonds. The van der Waals surface area contributed by atoms with Crippen molar-refractivity contribution >= 4 is 5.91 Å². The first-order chi connectivity index (χ1) is 9.60. The minimum absolute atomic E-state index is 0.0564. The van der Waals surface area contributed by atoms with Gasteiger partial charge in [0.15, 0.2) is 0 Å². The van der Waals surface area contributed by atoms with E-state index in [9.17, 15) is 9.18 Å². The first kappa shape index (κ1) is 13.6. The standard InChI is InChI=1S/C17H22FNO/c1-13-12-14(4-5-15(13)18)16(20)19-10-8-17(9-11-19)6-2-3-7-17/h4-5,12H,2-3,6-11H2,1H3. The summed E-state index contributed by atoms with van der Waals surface area (Å²) in [6.07, 6.45) is 7.66. The lowest BCUT2D eigenvalue weighted by atomic mass is 9.77. The maximum atomic E-state index is 13.3. The third kappa shape index (κ3) is 2.46. The van der Waals surface area contributed by atoms with Gasteiger partial charge in [0.05, 0.1) is 0 Å². The van der Waals surface area contributed by atoms with E-state index in [1.807, 2.05) is 4.90 Å². The molecule has 3 heteroatoms. The van der Waals surface area contributed by atoms with E-state index in [1.54, 1.807) is 19.1 Å². The maximum Gasteiger partial charge on any atom is 0.253 e. The van der Waals surface area contributed by atoms with Crippen LogP contribution in [-0.2, 0) is 0 Å². The number of hydrogen-bond acceptors (Lipinski definition) is 1. The molecule has 2 aliphatic rings. The average molecular weight is 275 g/mol. The third-order valence-electron chi connectivity index (χ3n) is 5.18. The van der Waals surface area contributed by atoms with Gasteiger partial charge in [-0.3, -0.25) is 4.79 Å². The van der Waals surface area contributed by atoms with Crippen LogP contribution in [0.15, 0.2) is 18.2 Å². The van der Waals surface area contributed by atoms with Gasteiger partial charge in [-0.25, -0.2) is 4.39 Å². The van der Waals surface area contributed by atoms with E-state index in [0.29, 0.717) is 16.5 Å². The lowest BCUT2D eigenvalue weighted by molar-refractivity contribution is 0.0587. The number of piperidine rings is 1.